The largest absolute Gasteiger partial charge is 0.394 e. The minimum absolute atomic E-state index is 0.0374. The maximum absolute atomic E-state index is 12.9. The molecule has 3 rings (SSSR count). The standard InChI is InChI=1S/C20H22O3/c1-15(19(22)16-7-3-2-4-8-16)20(23-12-11-21)13-17-9-5-6-10-18(17)14-20/h2-10,15,21H,11-14H2,1H3. The molecule has 0 bridgehead atoms. The fourth-order valence-electron chi connectivity index (χ4n) is 3.48. The van der Waals surface area contributed by atoms with Gasteiger partial charge in [-0.05, 0) is 11.1 Å². The number of carbonyl (C=O) groups excluding carboxylic acids is 1. The zero-order chi connectivity index (χ0) is 16.3. The lowest BCUT2D eigenvalue weighted by Gasteiger charge is -2.34. The van der Waals surface area contributed by atoms with Crippen molar-refractivity contribution in [3.63, 3.8) is 0 Å². The van der Waals surface area contributed by atoms with Gasteiger partial charge >= 0.3 is 0 Å². The van der Waals surface area contributed by atoms with Crippen LogP contribution in [-0.2, 0) is 17.6 Å². The van der Waals surface area contributed by atoms with Crippen LogP contribution in [0.25, 0.3) is 0 Å². The number of rotatable bonds is 6. The van der Waals surface area contributed by atoms with Crippen molar-refractivity contribution in [2.24, 2.45) is 5.92 Å². The molecule has 0 saturated heterocycles. The first kappa shape index (κ1) is 15.9. The lowest BCUT2D eigenvalue weighted by atomic mass is 9.80. The molecule has 1 aliphatic carbocycles. The maximum atomic E-state index is 12.9. The minimum Gasteiger partial charge on any atom is -0.394 e. The van der Waals surface area contributed by atoms with Crippen LogP contribution in [0.4, 0.5) is 0 Å². The summed E-state index contributed by atoms with van der Waals surface area (Å²) in [5.74, 6) is -0.180. The molecule has 0 amide bonds. The van der Waals surface area contributed by atoms with Crippen LogP contribution in [-0.4, -0.2) is 29.7 Å². The summed E-state index contributed by atoms with van der Waals surface area (Å²) in [7, 11) is 0. The van der Waals surface area contributed by atoms with Crippen molar-refractivity contribution in [3.8, 4) is 0 Å². The number of benzene rings is 2. The third-order valence-corrected chi connectivity index (χ3v) is 4.82. The van der Waals surface area contributed by atoms with Gasteiger partial charge in [0.25, 0.3) is 0 Å². The third-order valence-electron chi connectivity index (χ3n) is 4.82. The van der Waals surface area contributed by atoms with Crippen LogP contribution in [0.3, 0.4) is 0 Å². The van der Waals surface area contributed by atoms with Gasteiger partial charge in [0.05, 0.1) is 18.8 Å². The number of ether oxygens (including phenoxy) is 1. The molecule has 0 heterocycles. The van der Waals surface area contributed by atoms with Crippen LogP contribution in [0.2, 0.25) is 0 Å². The second-order valence-electron chi connectivity index (χ2n) is 6.21. The Balaban J connectivity index is 1.90. The van der Waals surface area contributed by atoms with Gasteiger partial charge in [-0.25, -0.2) is 0 Å². The predicted octanol–water partition coefficient (Wildman–Crippen LogP) is 3.05. The molecule has 2 aromatic carbocycles. The van der Waals surface area contributed by atoms with E-state index in [2.05, 4.69) is 12.1 Å². The molecule has 0 radical (unpaired) electrons. The normalized spacial score (nSPS) is 16.8. The summed E-state index contributed by atoms with van der Waals surface area (Å²) in [5, 5.41) is 9.19. The number of aliphatic hydroxyl groups excluding tert-OH is 1. The molecule has 0 aliphatic heterocycles. The number of Topliss-reactive ketones (excluding diaryl/α,β-unsaturated/α-hetero) is 1. The summed E-state index contributed by atoms with van der Waals surface area (Å²) in [4.78, 5) is 12.9. The van der Waals surface area contributed by atoms with Crippen molar-refractivity contribution in [1.29, 1.82) is 0 Å². The molecule has 1 unspecified atom stereocenters. The van der Waals surface area contributed by atoms with E-state index in [1.807, 2.05) is 49.4 Å². The van der Waals surface area contributed by atoms with Crippen molar-refractivity contribution in [1.82, 2.24) is 0 Å². The Morgan fingerprint density at radius 1 is 1.09 bits per heavy atom. The summed E-state index contributed by atoms with van der Waals surface area (Å²) in [6, 6.07) is 17.6. The van der Waals surface area contributed by atoms with E-state index in [1.165, 1.54) is 11.1 Å². The first-order valence-corrected chi connectivity index (χ1v) is 8.07. The van der Waals surface area contributed by atoms with E-state index in [1.54, 1.807) is 0 Å². The van der Waals surface area contributed by atoms with Gasteiger partial charge in [0.1, 0.15) is 0 Å². The van der Waals surface area contributed by atoms with Crippen LogP contribution in [0.15, 0.2) is 54.6 Å². The minimum atomic E-state index is -0.570. The van der Waals surface area contributed by atoms with E-state index in [0.717, 1.165) is 0 Å². The maximum Gasteiger partial charge on any atom is 0.168 e. The Kier molecular flexibility index (Phi) is 4.60. The van der Waals surface area contributed by atoms with Crippen LogP contribution < -0.4 is 0 Å². The molecule has 0 aromatic heterocycles. The molecule has 23 heavy (non-hydrogen) atoms. The smallest absolute Gasteiger partial charge is 0.168 e. The van der Waals surface area contributed by atoms with E-state index in [9.17, 15) is 9.90 Å². The molecular weight excluding hydrogens is 288 g/mol. The van der Waals surface area contributed by atoms with Crippen molar-refractivity contribution in [2.75, 3.05) is 13.2 Å². The number of hydrogen-bond acceptors (Lipinski definition) is 3. The predicted molar refractivity (Wildman–Crippen MR) is 89.6 cm³/mol. The highest BCUT2D eigenvalue weighted by molar-refractivity contribution is 5.98. The Bertz CT molecular complexity index is 653. The number of fused-ring (bicyclic) bond motifs is 1. The van der Waals surface area contributed by atoms with Gasteiger partial charge in [-0.3, -0.25) is 4.79 Å². The van der Waals surface area contributed by atoms with Crippen LogP contribution in [0, 0.1) is 5.92 Å². The average Bonchev–Trinajstić information content (AvgIpc) is 2.99. The summed E-state index contributed by atoms with van der Waals surface area (Å²) in [6.45, 7) is 2.16. The van der Waals surface area contributed by atoms with E-state index in [0.29, 0.717) is 18.4 Å². The summed E-state index contributed by atoms with van der Waals surface area (Å²) in [6.07, 6.45) is 1.42. The molecule has 0 fully saturated rings. The Labute approximate surface area is 136 Å². The van der Waals surface area contributed by atoms with Gasteiger partial charge in [-0.2, -0.15) is 0 Å². The highest BCUT2D eigenvalue weighted by Crippen LogP contribution is 2.39. The molecular formula is C20H22O3. The van der Waals surface area contributed by atoms with Gasteiger partial charge in [0.2, 0.25) is 0 Å². The molecule has 1 N–H and O–H groups in total. The highest BCUT2D eigenvalue weighted by atomic mass is 16.5. The van der Waals surface area contributed by atoms with Gasteiger partial charge in [0.15, 0.2) is 5.78 Å². The average molecular weight is 310 g/mol. The van der Waals surface area contributed by atoms with Crippen LogP contribution in [0.5, 0.6) is 0 Å². The fraction of sp³-hybridized carbons (Fsp3) is 0.350. The monoisotopic (exact) mass is 310 g/mol. The van der Waals surface area contributed by atoms with E-state index in [-0.39, 0.29) is 24.9 Å². The van der Waals surface area contributed by atoms with Crippen molar-refractivity contribution < 1.29 is 14.6 Å². The van der Waals surface area contributed by atoms with Gasteiger partial charge in [-0.15, -0.1) is 0 Å². The second-order valence-corrected chi connectivity index (χ2v) is 6.21. The molecule has 0 spiro atoms. The van der Waals surface area contributed by atoms with Crippen molar-refractivity contribution in [2.45, 2.75) is 25.4 Å². The third kappa shape index (κ3) is 3.07. The van der Waals surface area contributed by atoms with Crippen LogP contribution in [0.1, 0.15) is 28.4 Å². The number of ketones is 1. The lowest BCUT2D eigenvalue weighted by molar-refractivity contribution is -0.0762. The second kappa shape index (κ2) is 6.65. The summed E-state index contributed by atoms with van der Waals surface area (Å²) >= 11 is 0. The van der Waals surface area contributed by atoms with E-state index >= 15 is 0 Å². The van der Waals surface area contributed by atoms with Gasteiger partial charge < -0.3 is 9.84 Å². The van der Waals surface area contributed by atoms with E-state index < -0.39 is 5.60 Å². The van der Waals surface area contributed by atoms with Gasteiger partial charge in [-0.1, -0.05) is 61.5 Å². The van der Waals surface area contributed by atoms with Crippen molar-refractivity contribution >= 4 is 5.78 Å². The lowest BCUT2D eigenvalue weighted by Crippen LogP contribution is -2.45. The highest BCUT2D eigenvalue weighted by Gasteiger charge is 2.45. The molecule has 3 nitrogen and oxygen atoms in total. The molecule has 3 heteroatoms. The Morgan fingerprint density at radius 3 is 2.22 bits per heavy atom. The van der Waals surface area contributed by atoms with Crippen molar-refractivity contribution in [3.05, 3.63) is 71.3 Å². The Morgan fingerprint density at radius 2 is 1.65 bits per heavy atom. The zero-order valence-corrected chi connectivity index (χ0v) is 13.4. The molecule has 120 valence electrons. The van der Waals surface area contributed by atoms with Gasteiger partial charge in [0, 0.05) is 24.3 Å². The quantitative estimate of drug-likeness (QED) is 0.834. The number of hydrogen-bond donors (Lipinski definition) is 1. The van der Waals surface area contributed by atoms with Crippen LogP contribution >= 0.6 is 0 Å². The fourth-order valence-corrected chi connectivity index (χ4v) is 3.48. The first-order chi connectivity index (χ1) is 11.2. The summed E-state index contributed by atoms with van der Waals surface area (Å²) < 4.78 is 6.06. The Hall–Kier alpha value is -1.97. The van der Waals surface area contributed by atoms with E-state index in [4.69, 9.17) is 4.74 Å². The molecule has 2 aromatic rings. The molecule has 1 aliphatic rings. The zero-order valence-electron chi connectivity index (χ0n) is 13.4. The molecule has 1 atom stereocenters. The summed E-state index contributed by atoms with van der Waals surface area (Å²) in [5.41, 5.74) is 2.61. The number of aliphatic hydroxyl groups is 1. The topological polar surface area (TPSA) is 46.5 Å². The molecule has 0 saturated carbocycles. The number of carbonyl (C=O) groups is 1. The SMILES string of the molecule is CC(C(=O)c1ccccc1)C1(OCCO)Cc2ccccc2C1. The first-order valence-electron chi connectivity index (χ1n) is 8.07.